The Labute approximate surface area is 122 Å². The fourth-order valence-electron chi connectivity index (χ4n) is 2.78. The van der Waals surface area contributed by atoms with Gasteiger partial charge in [-0.1, -0.05) is 58.0 Å². The van der Waals surface area contributed by atoms with Crippen LogP contribution in [0.2, 0.25) is 0 Å². The van der Waals surface area contributed by atoms with Crippen molar-refractivity contribution >= 4 is 11.8 Å². The van der Waals surface area contributed by atoms with Crippen molar-refractivity contribution in [1.82, 2.24) is 5.32 Å². The van der Waals surface area contributed by atoms with Crippen LogP contribution in [0.15, 0.2) is 30.3 Å². The molecule has 1 nitrogen and oxygen atoms in total. The Kier molecular flexibility index (Phi) is 4.62. The van der Waals surface area contributed by atoms with E-state index >= 15 is 0 Å². The highest BCUT2D eigenvalue weighted by Crippen LogP contribution is 2.33. The topological polar surface area (TPSA) is 12.0 Å². The predicted molar refractivity (Wildman–Crippen MR) is 87.0 cm³/mol. The molecule has 1 aromatic carbocycles. The lowest BCUT2D eigenvalue weighted by atomic mass is 9.83. The summed E-state index contributed by atoms with van der Waals surface area (Å²) < 4.78 is 0. The Balaban J connectivity index is 1.91. The third-order valence-corrected chi connectivity index (χ3v) is 5.62. The molecule has 1 aromatic rings. The molecule has 1 N–H and O–H groups in total. The van der Waals surface area contributed by atoms with Crippen LogP contribution in [-0.2, 0) is 5.41 Å². The van der Waals surface area contributed by atoms with Gasteiger partial charge in [-0.3, -0.25) is 0 Å². The Morgan fingerprint density at radius 3 is 2.58 bits per heavy atom. The minimum Gasteiger partial charge on any atom is -0.312 e. The number of benzene rings is 1. The Bertz CT molecular complexity index is 397. The highest BCUT2D eigenvalue weighted by molar-refractivity contribution is 7.99. The summed E-state index contributed by atoms with van der Waals surface area (Å²) in [6, 6.07) is 11.5. The summed E-state index contributed by atoms with van der Waals surface area (Å²) in [5.74, 6) is 2.56. The first kappa shape index (κ1) is 14.9. The Morgan fingerprint density at radius 1 is 1.26 bits per heavy atom. The standard InChI is InChI=1S/C17H27NS/c1-16(2)10-15(11-19-13-16)18-12-17(3,4)14-8-6-5-7-9-14/h5-9,15,18H,10-13H2,1-4H3. The van der Waals surface area contributed by atoms with E-state index in [1.807, 2.05) is 0 Å². The van der Waals surface area contributed by atoms with Crippen LogP contribution in [0.1, 0.15) is 39.7 Å². The molecule has 1 atom stereocenters. The van der Waals surface area contributed by atoms with Gasteiger partial charge in [-0.15, -0.1) is 0 Å². The monoisotopic (exact) mass is 277 g/mol. The first-order valence-electron chi connectivity index (χ1n) is 7.26. The molecule has 0 aromatic heterocycles. The zero-order valence-corrected chi connectivity index (χ0v) is 13.5. The van der Waals surface area contributed by atoms with Crippen LogP contribution in [0, 0.1) is 5.41 Å². The predicted octanol–water partition coefficient (Wildman–Crippen LogP) is 4.09. The van der Waals surface area contributed by atoms with Crippen molar-refractivity contribution in [1.29, 1.82) is 0 Å². The summed E-state index contributed by atoms with van der Waals surface area (Å²) in [5.41, 5.74) is 2.11. The molecule has 1 unspecified atom stereocenters. The van der Waals surface area contributed by atoms with Crippen LogP contribution >= 0.6 is 11.8 Å². The number of hydrogen-bond acceptors (Lipinski definition) is 2. The van der Waals surface area contributed by atoms with E-state index in [-0.39, 0.29) is 5.41 Å². The molecule has 19 heavy (non-hydrogen) atoms. The van der Waals surface area contributed by atoms with Crippen LogP contribution in [0.5, 0.6) is 0 Å². The van der Waals surface area contributed by atoms with Crippen molar-refractivity contribution < 1.29 is 0 Å². The van der Waals surface area contributed by atoms with Crippen LogP contribution in [0.3, 0.4) is 0 Å². The Morgan fingerprint density at radius 2 is 1.95 bits per heavy atom. The average molecular weight is 277 g/mol. The van der Waals surface area contributed by atoms with E-state index in [0.717, 1.165) is 6.54 Å². The van der Waals surface area contributed by atoms with E-state index < -0.39 is 0 Å². The lowest BCUT2D eigenvalue weighted by molar-refractivity contribution is 0.304. The molecular formula is C17H27NS. The van der Waals surface area contributed by atoms with Crippen LogP contribution in [0.25, 0.3) is 0 Å². The van der Waals surface area contributed by atoms with E-state index in [4.69, 9.17) is 0 Å². The number of hydrogen-bond donors (Lipinski definition) is 1. The van der Waals surface area contributed by atoms with Gasteiger partial charge in [-0.2, -0.15) is 11.8 Å². The van der Waals surface area contributed by atoms with E-state index in [1.165, 1.54) is 23.5 Å². The molecule has 106 valence electrons. The maximum atomic E-state index is 3.80. The lowest BCUT2D eigenvalue weighted by Gasteiger charge is -2.37. The third kappa shape index (κ3) is 4.25. The maximum Gasteiger partial charge on any atom is 0.0163 e. The molecule has 0 bridgehead atoms. The van der Waals surface area contributed by atoms with Gasteiger partial charge in [0.25, 0.3) is 0 Å². The molecule has 1 aliphatic heterocycles. The second kappa shape index (κ2) is 5.88. The van der Waals surface area contributed by atoms with Gasteiger partial charge in [-0.25, -0.2) is 0 Å². The first-order chi connectivity index (χ1) is 8.89. The van der Waals surface area contributed by atoms with Gasteiger partial charge >= 0.3 is 0 Å². The molecule has 0 amide bonds. The van der Waals surface area contributed by atoms with Gasteiger partial charge in [0.2, 0.25) is 0 Å². The second-order valence-electron chi connectivity index (χ2n) is 7.21. The summed E-state index contributed by atoms with van der Waals surface area (Å²) in [7, 11) is 0. The van der Waals surface area contributed by atoms with Crippen LogP contribution in [0.4, 0.5) is 0 Å². The zero-order valence-electron chi connectivity index (χ0n) is 12.7. The molecule has 0 spiro atoms. The van der Waals surface area contributed by atoms with Crippen molar-refractivity contribution in [3.8, 4) is 0 Å². The summed E-state index contributed by atoms with van der Waals surface area (Å²) >= 11 is 2.09. The summed E-state index contributed by atoms with van der Waals surface area (Å²) in [6.45, 7) is 10.5. The molecular weight excluding hydrogens is 250 g/mol. The largest absolute Gasteiger partial charge is 0.312 e. The van der Waals surface area contributed by atoms with Crippen LogP contribution < -0.4 is 5.32 Å². The van der Waals surface area contributed by atoms with Crippen molar-refractivity contribution in [3.63, 3.8) is 0 Å². The van der Waals surface area contributed by atoms with Gasteiger partial charge in [0.1, 0.15) is 0 Å². The van der Waals surface area contributed by atoms with Crippen molar-refractivity contribution in [3.05, 3.63) is 35.9 Å². The molecule has 1 fully saturated rings. The summed E-state index contributed by atoms with van der Waals surface area (Å²) in [5, 5.41) is 3.80. The normalized spacial score (nSPS) is 23.3. The molecule has 1 aliphatic rings. The van der Waals surface area contributed by atoms with Gasteiger partial charge in [-0.05, 0) is 23.2 Å². The fraction of sp³-hybridized carbons (Fsp3) is 0.647. The quantitative estimate of drug-likeness (QED) is 0.890. The molecule has 2 heteroatoms. The molecule has 0 radical (unpaired) electrons. The molecule has 1 saturated heterocycles. The number of nitrogens with one attached hydrogen (secondary N) is 1. The molecule has 0 saturated carbocycles. The highest BCUT2D eigenvalue weighted by Gasteiger charge is 2.29. The van der Waals surface area contributed by atoms with Gasteiger partial charge in [0.05, 0.1) is 0 Å². The molecule has 1 heterocycles. The minimum atomic E-state index is 0.202. The maximum absolute atomic E-state index is 3.80. The highest BCUT2D eigenvalue weighted by atomic mass is 32.2. The van der Waals surface area contributed by atoms with E-state index in [2.05, 4.69) is 75.1 Å². The van der Waals surface area contributed by atoms with E-state index in [9.17, 15) is 0 Å². The van der Waals surface area contributed by atoms with Crippen molar-refractivity contribution in [2.75, 3.05) is 18.1 Å². The first-order valence-corrected chi connectivity index (χ1v) is 8.41. The lowest BCUT2D eigenvalue weighted by Crippen LogP contribution is -2.45. The van der Waals surface area contributed by atoms with Crippen LogP contribution in [-0.4, -0.2) is 24.1 Å². The smallest absolute Gasteiger partial charge is 0.0163 e. The summed E-state index contributed by atoms with van der Waals surface area (Å²) in [4.78, 5) is 0. The van der Waals surface area contributed by atoms with Gasteiger partial charge in [0, 0.05) is 23.8 Å². The molecule has 2 rings (SSSR count). The third-order valence-electron chi connectivity index (χ3n) is 4.00. The average Bonchev–Trinajstić information content (AvgIpc) is 2.37. The van der Waals surface area contributed by atoms with Crippen molar-refractivity contribution in [2.24, 2.45) is 5.41 Å². The minimum absolute atomic E-state index is 0.202. The Hall–Kier alpha value is -0.470. The van der Waals surface area contributed by atoms with Crippen molar-refractivity contribution in [2.45, 2.75) is 45.6 Å². The van der Waals surface area contributed by atoms with Gasteiger partial charge in [0.15, 0.2) is 0 Å². The SMILES string of the molecule is CC1(C)CSCC(NCC(C)(C)c2ccccc2)C1. The zero-order chi connectivity index (χ0) is 13.9. The van der Waals surface area contributed by atoms with E-state index in [0.29, 0.717) is 11.5 Å². The second-order valence-corrected chi connectivity index (χ2v) is 8.24. The fourth-order valence-corrected chi connectivity index (χ4v) is 4.09. The van der Waals surface area contributed by atoms with Gasteiger partial charge < -0.3 is 5.32 Å². The number of thioether (sulfide) groups is 1. The molecule has 0 aliphatic carbocycles. The van der Waals surface area contributed by atoms with E-state index in [1.54, 1.807) is 0 Å². The number of rotatable bonds is 4. The summed E-state index contributed by atoms with van der Waals surface area (Å²) in [6.07, 6.45) is 1.30.